The third-order valence-electron chi connectivity index (χ3n) is 7.22. The van der Waals surface area contributed by atoms with Crippen LogP contribution in [0, 0.1) is 11.3 Å². The van der Waals surface area contributed by atoms with Gasteiger partial charge < -0.3 is 18.6 Å². The molecule has 0 N–H and O–H groups in total. The number of nitrogens with zero attached hydrogens (tertiary/aromatic N) is 2. The van der Waals surface area contributed by atoms with E-state index in [0.717, 1.165) is 39.5 Å². The summed E-state index contributed by atoms with van der Waals surface area (Å²) in [5, 5.41) is 12.6. The Morgan fingerprint density at radius 3 is 2.02 bits per heavy atom. The first-order valence-corrected chi connectivity index (χ1v) is 13.8. The van der Waals surface area contributed by atoms with E-state index in [2.05, 4.69) is 35.3 Å². The molecule has 0 aliphatic carbocycles. The lowest BCUT2D eigenvalue weighted by Crippen LogP contribution is -1.96. The molecule has 0 atom stereocenters. The summed E-state index contributed by atoms with van der Waals surface area (Å²) in [7, 11) is 3.24. The van der Waals surface area contributed by atoms with E-state index >= 15 is 0 Å². The molecule has 0 amide bonds. The minimum absolute atomic E-state index is 0.232. The van der Waals surface area contributed by atoms with Gasteiger partial charge in [-0.15, -0.1) is 0 Å². The molecule has 0 bridgehead atoms. The van der Waals surface area contributed by atoms with Gasteiger partial charge in [0.05, 0.1) is 14.2 Å². The number of ether oxygens (including phenoxy) is 3. The van der Waals surface area contributed by atoms with Crippen molar-refractivity contribution in [2.45, 2.75) is 6.61 Å². The van der Waals surface area contributed by atoms with Crippen molar-refractivity contribution in [3.8, 4) is 45.8 Å². The van der Waals surface area contributed by atoms with Gasteiger partial charge in [0.15, 0.2) is 0 Å². The topological polar surface area (TPSA) is 77.0 Å². The van der Waals surface area contributed by atoms with Crippen molar-refractivity contribution >= 4 is 22.9 Å². The van der Waals surface area contributed by atoms with Crippen LogP contribution in [0.4, 0.5) is 5.88 Å². The average molecular weight is 565 g/mol. The molecule has 0 aliphatic heterocycles. The van der Waals surface area contributed by atoms with E-state index in [0.29, 0.717) is 23.5 Å². The van der Waals surface area contributed by atoms with Gasteiger partial charge in [-0.3, -0.25) is 0 Å². The Balaban J connectivity index is 1.27. The molecule has 6 heteroatoms. The highest BCUT2D eigenvalue weighted by Crippen LogP contribution is 2.43. The monoisotopic (exact) mass is 564 g/mol. The normalized spacial score (nSPS) is 11.0. The van der Waals surface area contributed by atoms with E-state index in [1.807, 2.05) is 91.0 Å². The summed E-state index contributed by atoms with van der Waals surface area (Å²) in [5.41, 5.74) is 4.61. The summed E-state index contributed by atoms with van der Waals surface area (Å²) in [6.07, 6.45) is 1.68. The van der Waals surface area contributed by atoms with Crippen LogP contribution in [-0.4, -0.2) is 20.4 Å². The number of benzene rings is 5. The van der Waals surface area contributed by atoms with Gasteiger partial charge in [-0.25, -0.2) is 4.99 Å². The maximum atomic E-state index is 10.2. The molecule has 6 rings (SSSR count). The second-order valence-corrected chi connectivity index (χ2v) is 9.81. The molecule has 0 unspecified atom stereocenters. The third-order valence-corrected chi connectivity index (χ3v) is 7.22. The fourth-order valence-corrected chi connectivity index (χ4v) is 4.96. The number of nitriles is 1. The van der Waals surface area contributed by atoms with Crippen LogP contribution in [0.25, 0.3) is 33.2 Å². The van der Waals surface area contributed by atoms with E-state index in [1.165, 1.54) is 10.8 Å². The lowest BCUT2D eigenvalue weighted by Gasteiger charge is -2.09. The van der Waals surface area contributed by atoms with E-state index < -0.39 is 0 Å². The van der Waals surface area contributed by atoms with Crippen LogP contribution in [0.15, 0.2) is 125 Å². The zero-order valence-electron chi connectivity index (χ0n) is 23.8. The zero-order chi connectivity index (χ0) is 29.6. The van der Waals surface area contributed by atoms with Crippen molar-refractivity contribution in [3.05, 3.63) is 132 Å². The molecule has 1 aromatic heterocycles. The van der Waals surface area contributed by atoms with Crippen LogP contribution < -0.4 is 14.2 Å². The maximum absolute atomic E-state index is 10.2. The highest BCUT2D eigenvalue weighted by atomic mass is 16.5. The standard InChI is InChI=1S/C37H28N2O4/c1-40-30-18-12-27(13-19-30)35-34(22-38)37(43-36(35)28-14-20-31(41-2)21-15-28)39-23-25-10-16-32(17-11-25)42-24-29-8-5-7-26-6-3-4-9-33(26)29/h3-21,23H,24H2,1-2H3. The first-order chi connectivity index (χ1) is 21.2. The average Bonchev–Trinajstić information content (AvgIpc) is 3.45. The van der Waals surface area contributed by atoms with Crippen LogP contribution in [0.3, 0.4) is 0 Å². The number of methoxy groups -OCH3 is 2. The first-order valence-electron chi connectivity index (χ1n) is 13.8. The summed E-state index contributed by atoms with van der Waals surface area (Å²) in [6, 6.07) is 39.5. The van der Waals surface area contributed by atoms with Crippen molar-refractivity contribution in [3.63, 3.8) is 0 Å². The van der Waals surface area contributed by atoms with Crippen LogP contribution >= 0.6 is 0 Å². The molecule has 0 radical (unpaired) electrons. The fourth-order valence-electron chi connectivity index (χ4n) is 4.96. The molecular weight excluding hydrogens is 536 g/mol. The Morgan fingerprint density at radius 1 is 0.721 bits per heavy atom. The minimum Gasteiger partial charge on any atom is -0.497 e. The lowest BCUT2D eigenvalue weighted by molar-refractivity contribution is 0.307. The molecule has 0 spiro atoms. The van der Waals surface area contributed by atoms with E-state index in [4.69, 9.17) is 18.6 Å². The molecule has 0 saturated heterocycles. The van der Waals surface area contributed by atoms with E-state index in [-0.39, 0.29) is 5.88 Å². The Labute approximate surface area is 250 Å². The molecule has 5 aromatic carbocycles. The highest BCUT2D eigenvalue weighted by molar-refractivity contribution is 5.90. The second-order valence-electron chi connectivity index (χ2n) is 9.81. The van der Waals surface area contributed by atoms with E-state index in [9.17, 15) is 5.26 Å². The Kier molecular flexibility index (Phi) is 7.88. The Bertz CT molecular complexity index is 1930. The SMILES string of the molecule is COc1ccc(-c2oc(N=Cc3ccc(OCc4cccc5ccccc45)cc3)c(C#N)c2-c2ccc(OC)cc2)cc1. The van der Waals surface area contributed by atoms with Gasteiger partial charge in [0.1, 0.15) is 41.2 Å². The predicted molar refractivity (Wildman–Crippen MR) is 169 cm³/mol. The number of hydrogen-bond donors (Lipinski definition) is 0. The molecule has 0 aliphatic rings. The smallest absolute Gasteiger partial charge is 0.238 e. The molecule has 0 saturated carbocycles. The zero-order valence-corrected chi connectivity index (χ0v) is 23.8. The van der Waals surface area contributed by atoms with Gasteiger partial charge in [-0.1, -0.05) is 54.6 Å². The summed E-state index contributed by atoms with van der Waals surface area (Å²) in [6.45, 7) is 0.467. The molecule has 6 aromatic rings. The Hall–Kier alpha value is -5.80. The number of rotatable bonds is 9. The van der Waals surface area contributed by atoms with Crippen LogP contribution in [0.1, 0.15) is 16.7 Å². The summed E-state index contributed by atoms with van der Waals surface area (Å²) in [4.78, 5) is 4.60. The maximum Gasteiger partial charge on any atom is 0.238 e. The van der Waals surface area contributed by atoms with Gasteiger partial charge in [0.25, 0.3) is 0 Å². The molecule has 43 heavy (non-hydrogen) atoms. The fraction of sp³-hybridized carbons (Fsp3) is 0.0811. The van der Waals surface area contributed by atoms with Gasteiger partial charge in [0.2, 0.25) is 5.88 Å². The minimum atomic E-state index is 0.232. The van der Waals surface area contributed by atoms with Crippen molar-refractivity contribution in [1.82, 2.24) is 0 Å². The van der Waals surface area contributed by atoms with Crippen molar-refractivity contribution in [1.29, 1.82) is 5.26 Å². The van der Waals surface area contributed by atoms with Gasteiger partial charge >= 0.3 is 0 Å². The number of hydrogen-bond acceptors (Lipinski definition) is 6. The summed E-state index contributed by atoms with van der Waals surface area (Å²) < 4.78 is 23.0. The van der Waals surface area contributed by atoms with Crippen LogP contribution in [-0.2, 0) is 6.61 Å². The predicted octanol–water partition coefficient (Wildman–Crippen LogP) is 8.99. The molecular formula is C37H28N2O4. The van der Waals surface area contributed by atoms with Crippen molar-refractivity contribution in [2.24, 2.45) is 4.99 Å². The van der Waals surface area contributed by atoms with Gasteiger partial charge in [0, 0.05) is 17.3 Å². The second kappa shape index (κ2) is 12.4. The third kappa shape index (κ3) is 5.83. The first kappa shape index (κ1) is 27.4. The van der Waals surface area contributed by atoms with Crippen LogP contribution in [0.2, 0.25) is 0 Å². The lowest BCUT2D eigenvalue weighted by atomic mass is 9.98. The largest absolute Gasteiger partial charge is 0.497 e. The summed E-state index contributed by atoms with van der Waals surface area (Å²) in [5.74, 6) is 2.98. The van der Waals surface area contributed by atoms with Gasteiger partial charge in [-0.05, 0) is 88.1 Å². The Morgan fingerprint density at radius 2 is 1.35 bits per heavy atom. The molecule has 1 heterocycles. The molecule has 0 fully saturated rings. The van der Waals surface area contributed by atoms with Crippen LogP contribution in [0.5, 0.6) is 17.2 Å². The molecule has 210 valence electrons. The number of fused-ring (bicyclic) bond motifs is 1. The van der Waals surface area contributed by atoms with Gasteiger partial charge in [-0.2, -0.15) is 5.26 Å². The molecule has 6 nitrogen and oxygen atoms in total. The number of aliphatic imine (C=N–C) groups is 1. The van der Waals surface area contributed by atoms with Crippen molar-refractivity contribution < 1.29 is 18.6 Å². The summed E-state index contributed by atoms with van der Waals surface area (Å²) >= 11 is 0. The quantitative estimate of drug-likeness (QED) is 0.164. The van der Waals surface area contributed by atoms with Crippen molar-refractivity contribution in [2.75, 3.05) is 14.2 Å². The van der Waals surface area contributed by atoms with E-state index in [1.54, 1.807) is 20.4 Å². The number of furan rings is 1. The highest BCUT2D eigenvalue weighted by Gasteiger charge is 2.23.